The molecule has 2 fully saturated rings. The van der Waals surface area contributed by atoms with Gasteiger partial charge in [-0.15, -0.1) is 0 Å². The Labute approximate surface area is 467 Å². The predicted octanol–water partition coefficient (Wildman–Crippen LogP) is 8.19. The molecule has 2 rings (SSSR count). The number of hydrogen-bond donors (Lipinski definition) is 10. The molecular weight excluding hydrogens is 1030 g/mol. The van der Waals surface area contributed by atoms with Gasteiger partial charge in [-0.1, -0.05) is 194 Å². The summed E-state index contributed by atoms with van der Waals surface area (Å²) in [6.45, 7) is 5.93. The first-order valence-electron chi connectivity index (χ1n) is 30.5. The van der Waals surface area contributed by atoms with Crippen LogP contribution < -0.4 is 10.6 Å². The average molecular weight is 1140 g/mol. The van der Waals surface area contributed by atoms with Crippen LogP contribution in [0, 0.1) is 0 Å². The van der Waals surface area contributed by atoms with E-state index in [0.717, 1.165) is 77.0 Å². The van der Waals surface area contributed by atoms with Gasteiger partial charge in [-0.25, -0.2) is 9.36 Å². The van der Waals surface area contributed by atoms with Crippen molar-refractivity contribution in [3.63, 3.8) is 0 Å². The van der Waals surface area contributed by atoms with Gasteiger partial charge in [0.1, 0.15) is 42.7 Å². The number of carbonyl (C=O) groups excluding carboxylic acids is 2. The molecule has 13 atom stereocenters. The molecule has 0 aromatic carbocycles. The van der Waals surface area contributed by atoms with E-state index in [-0.39, 0.29) is 32.5 Å². The quantitative estimate of drug-likeness (QED) is 0.0203. The van der Waals surface area contributed by atoms with Crippen molar-refractivity contribution >= 4 is 25.6 Å². The number of phosphoric acid groups is 1. The Morgan fingerprint density at radius 2 is 0.962 bits per heavy atom. The minimum Gasteiger partial charge on any atom is -0.479 e. The number of amides is 2. The number of unbranched alkanes of at least 4 members (excludes halogenated alkanes) is 24. The molecule has 0 aromatic rings. The molecule has 2 heterocycles. The Bertz CT molecular complexity index is 1580. The number of aliphatic carboxylic acids is 1. The summed E-state index contributed by atoms with van der Waals surface area (Å²) in [5.74, 6) is -2.83. The second-order valence-corrected chi connectivity index (χ2v) is 23.3. The lowest BCUT2D eigenvalue weighted by molar-refractivity contribution is -0.289. The Hall–Kier alpha value is -1.88. The van der Waals surface area contributed by atoms with Gasteiger partial charge < -0.3 is 74.7 Å². The van der Waals surface area contributed by atoms with Gasteiger partial charge in [0.05, 0.1) is 44.0 Å². The molecule has 21 heteroatoms. The molecule has 0 aliphatic carbocycles. The van der Waals surface area contributed by atoms with Crippen LogP contribution in [0.2, 0.25) is 0 Å². The van der Waals surface area contributed by atoms with Crippen LogP contribution in [0.3, 0.4) is 0 Å². The Morgan fingerprint density at radius 1 is 0.538 bits per heavy atom. The van der Waals surface area contributed by atoms with E-state index in [1.165, 1.54) is 96.8 Å². The van der Waals surface area contributed by atoms with Crippen LogP contribution in [0.25, 0.3) is 0 Å². The maximum atomic E-state index is 13.5. The zero-order valence-electron chi connectivity index (χ0n) is 48.3. The monoisotopic (exact) mass is 1140 g/mol. The van der Waals surface area contributed by atoms with Crippen LogP contribution in [0.5, 0.6) is 0 Å². The van der Waals surface area contributed by atoms with Gasteiger partial charge in [0, 0.05) is 20.1 Å². The number of carbonyl (C=O) groups is 3. The molecule has 0 bridgehead atoms. The molecule has 10 N–H and O–H groups in total. The highest BCUT2D eigenvalue weighted by Gasteiger charge is 2.53. The van der Waals surface area contributed by atoms with Gasteiger partial charge in [-0.2, -0.15) is 0 Å². The number of nitrogens with one attached hydrogen (secondary N) is 2. The lowest BCUT2D eigenvalue weighted by Gasteiger charge is -2.47. The number of carboxylic acids is 1. The number of phosphoric ester groups is 1. The lowest BCUT2D eigenvalue weighted by Crippen LogP contribution is -2.68. The number of hydrogen-bond acceptors (Lipinski definition) is 15. The standard InChI is InChI=1S/C57H109N2O18P/c1-5-8-11-14-17-20-23-26-29-32-43(62)35-37-72-53-49(59-48(65)39-45(64)34-31-28-25-22-19-16-13-10-7-3)55(56(67)68)75-47(51(53)66)41-74-57-50(58-42(4)61)54(52(46(40-60)76-57)77-78(69,70)71)73-38-36-44(63)33-30-27-24-21-18-15-12-9-6-2/h43-47,49-55,57,60,62-64,66H,5-41H2,1-4H3,(H,58,61)(H,59,65)(H,67,68)(H2,69,70,71)/t43-,44-,45-,46-,47-,49-,50-,51-,52-,53-,54-,55+,57-/m1/s1. The van der Waals surface area contributed by atoms with Gasteiger partial charge in [-0.3, -0.25) is 14.1 Å². The Kier molecular flexibility index (Phi) is 40.5. The van der Waals surface area contributed by atoms with E-state index in [4.69, 9.17) is 28.2 Å². The summed E-state index contributed by atoms with van der Waals surface area (Å²) in [6.07, 6.45) is 15.9. The zero-order chi connectivity index (χ0) is 57.6. The summed E-state index contributed by atoms with van der Waals surface area (Å²) in [6, 6.07) is -2.85. The van der Waals surface area contributed by atoms with Crippen LogP contribution in [-0.2, 0) is 47.2 Å². The molecule has 0 spiro atoms. The smallest absolute Gasteiger partial charge is 0.470 e. The number of aliphatic hydroxyl groups excluding tert-OH is 5. The fourth-order valence-corrected chi connectivity index (χ4v) is 11.1. The SMILES string of the molecule is CCCCCCCCCCC[C@@H](O)CCO[C@@H]1[C@@H](NC(C)=O)[C@H](OC[C@H]2O[C@H](C(=O)O)[C@H](NC(=O)C[C@H](O)CCCCCCCCCCC)[C@@H](OCC[C@H](O)CCCCCCCCCCC)[C@@H]2O)O[C@H](CO)[C@H]1OP(=O)(O)O. The van der Waals surface area contributed by atoms with Crippen molar-refractivity contribution < 1.29 is 87.6 Å². The van der Waals surface area contributed by atoms with Crippen molar-refractivity contribution in [2.24, 2.45) is 0 Å². The first-order chi connectivity index (χ1) is 37.5. The molecule has 2 aliphatic rings. The minimum atomic E-state index is -5.28. The third-order valence-corrected chi connectivity index (χ3v) is 15.6. The number of aliphatic hydroxyl groups is 5. The summed E-state index contributed by atoms with van der Waals surface area (Å²) in [5, 5.41) is 70.9. The molecule has 2 saturated heterocycles. The van der Waals surface area contributed by atoms with Crippen LogP contribution in [0.4, 0.5) is 0 Å². The molecule has 78 heavy (non-hydrogen) atoms. The van der Waals surface area contributed by atoms with Crippen LogP contribution in [0.15, 0.2) is 0 Å². The van der Waals surface area contributed by atoms with Crippen molar-refractivity contribution in [2.75, 3.05) is 26.4 Å². The van der Waals surface area contributed by atoms with Crippen molar-refractivity contribution in [3.8, 4) is 0 Å². The highest BCUT2D eigenvalue weighted by atomic mass is 31.2. The van der Waals surface area contributed by atoms with E-state index in [2.05, 4.69) is 31.4 Å². The highest BCUT2D eigenvalue weighted by molar-refractivity contribution is 7.46. The minimum absolute atomic E-state index is 0.117. The fourth-order valence-electron chi connectivity index (χ4n) is 10.5. The van der Waals surface area contributed by atoms with E-state index in [0.29, 0.717) is 25.7 Å². The molecule has 0 unspecified atom stereocenters. The van der Waals surface area contributed by atoms with Crippen molar-refractivity contribution in [3.05, 3.63) is 0 Å². The molecule has 460 valence electrons. The molecule has 0 radical (unpaired) electrons. The molecule has 0 aromatic heterocycles. The molecular formula is C57H109N2O18P. The Balaban J connectivity index is 2.25. The fraction of sp³-hybridized carbons (Fsp3) is 0.947. The molecule has 2 amide bonds. The van der Waals surface area contributed by atoms with Crippen molar-refractivity contribution in [2.45, 2.75) is 319 Å². The third-order valence-electron chi connectivity index (χ3n) is 15.0. The zero-order valence-corrected chi connectivity index (χ0v) is 49.2. The van der Waals surface area contributed by atoms with Gasteiger partial charge in [0.25, 0.3) is 0 Å². The summed E-state index contributed by atoms with van der Waals surface area (Å²) in [5.41, 5.74) is 0. The van der Waals surface area contributed by atoms with E-state index in [1.54, 1.807) is 0 Å². The first-order valence-corrected chi connectivity index (χ1v) is 32.0. The maximum Gasteiger partial charge on any atom is 0.470 e. The van der Waals surface area contributed by atoms with E-state index < -0.39 is 118 Å². The molecule has 20 nitrogen and oxygen atoms in total. The molecule has 2 aliphatic heterocycles. The van der Waals surface area contributed by atoms with Gasteiger partial charge in [0.15, 0.2) is 12.4 Å². The highest BCUT2D eigenvalue weighted by Crippen LogP contribution is 2.42. The van der Waals surface area contributed by atoms with Gasteiger partial charge in [0.2, 0.25) is 11.8 Å². The van der Waals surface area contributed by atoms with E-state index in [1.807, 2.05) is 0 Å². The number of ether oxygens (including phenoxy) is 5. The van der Waals surface area contributed by atoms with Crippen LogP contribution in [0.1, 0.15) is 240 Å². The summed E-state index contributed by atoms with van der Waals surface area (Å²) < 4.78 is 47.8. The lowest BCUT2D eigenvalue weighted by atomic mass is 9.91. The second kappa shape index (κ2) is 43.8. The van der Waals surface area contributed by atoms with Crippen LogP contribution >= 0.6 is 7.82 Å². The maximum absolute atomic E-state index is 13.5. The van der Waals surface area contributed by atoms with Crippen molar-refractivity contribution in [1.29, 1.82) is 0 Å². The van der Waals surface area contributed by atoms with Crippen LogP contribution in [-0.4, -0.2) is 164 Å². The summed E-state index contributed by atoms with van der Waals surface area (Å²) in [4.78, 5) is 59.1. The van der Waals surface area contributed by atoms with E-state index in [9.17, 15) is 59.4 Å². The topological polar surface area (TPSA) is 310 Å². The van der Waals surface area contributed by atoms with Gasteiger partial charge >= 0.3 is 13.8 Å². The van der Waals surface area contributed by atoms with E-state index >= 15 is 0 Å². The average Bonchev–Trinajstić information content (AvgIpc) is 3.43. The second-order valence-electron chi connectivity index (χ2n) is 22.1. The molecule has 0 saturated carbocycles. The normalized spacial score (nSPS) is 24.9. The number of rotatable bonds is 49. The Morgan fingerprint density at radius 3 is 1.37 bits per heavy atom. The third kappa shape index (κ3) is 32.1. The predicted molar refractivity (Wildman–Crippen MR) is 297 cm³/mol. The largest absolute Gasteiger partial charge is 0.479 e. The van der Waals surface area contributed by atoms with Gasteiger partial charge in [-0.05, 0) is 32.1 Å². The van der Waals surface area contributed by atoms with Crippen molar-refractivity contribution in [1.82, 2.24) is 10.6 Å². The summed E-state index contributed by atoms with van der Waals surface area (Å²) in [7, 11) is -5.28. The summed E-state index contributed by atoms with van der Waals surface area (Å²) >= 11 is 0. The first kappa shape index (κ1) is 72.2. The number of carboxylic acid groups (broad SMARTS) is 1.